The monoisotopic (exact) mass is 414 g/mol. The van der Waals surface area contributed by atoms with Crippen LogP contribution in [0.1, 0.15) is 128 Å². The zero-order valence-corrected chi connectivity index (χ0v) is 19.8. The SMILES string of the molecule is O=C(BC1CCCCCCC1)NC1CCCCC(NBC2CCCCCCC2)CC1. The lowest BCUT2D eigenvalue weighted by Crippen LogP contribution is -2.41. The van der Waals surface area contributed by atoms with Crippen LogP contribution < -0.4 is 10.5 Å². The van der Waals surface area contributed by atoms with Crippen LogP contribution in [0.15, 0.2) is 0 Å². The molecule has 3 saturated carbocycles. The van der Waals surface area contributed by atoms with Gasteiger partial charge in [0, 0.05) is 6.04 Å². The first-order valence-corrected chi connectivity index (χ1v) is 13.8. The molecule has 0 heterocycles. The molecule has 0 spiro atoms. The van der Waals surface area contributed by atoms with Gasteiger partial charge in [-0.3, -0.25) is 4.79 Å². The Hall–Kier alpha value is -0.440. The van der Waals surface area contributed by atoms with E-state index in [1.165, 1.54) is 136 Å². The van der Waals surface area contributed by atoms with E-state index in [1.54, 1.807) is 0 Å². The number of rotatable bonds is 6. The minimum Gasteiger partial charge on any atom is -0.362 e. The van der Waals surface area contributed by atoms with Gasteiger partial charge in [0.1, 0.15) is 0 Å². The quantitative estimate of drug-likeness (QED) is 0.506. The van der Waals surface area contributed by atoms with Gasteiger partial charge >= 0.3 is 0 Å². The van der Waals surface area contributed by atoms with E-state index in [1.807, 2.05) is 0 Å². The molecule has 2 unspecified atom stereocenters. The van der Waals surface area contributed by atoms with Gasteiger partial charge in [0.25, 0.3) is 0 Å². The molecule has 2 atom stereocenters. The summed E-state index contributed by atoms with van der Waals surface area (Å²) in [5.41, 5.74) is 0. The van der Waals surface area contributed by atoms with Crippen molar-refractivity contribution in [2.24, 2.45) is 0 Å². The maximum atomic E-state index is 12.7. The van der Waals surface area contributed by atoms with E-state index < -0.39 is 0 Å². The van der Waals surface area contributed by atoms with Crippen LogP contribution in [0.4, 0.5) is 4.79 Å². The van der Waals surface area contributed by atoms with Gasteiger partial charge in [0.15, 0.2) is 5.81 Å². The molecule has 3 fully saturated rings. The Kier molecular flexibility index (Phi) is 11.8. The number of carbonyl (C=O) groups is 1. The summed E-state index contributed by atoms with van der Waals surface area (Å²) in [7, 11) is 2.00. The lowest BCUT2D eigenvalue weighted by atomic mass is 9.59. The Morgan fingerprint density at radius 1 is 0.533 bits per heavy atom. The zero-order chi connectivity index (χ0) is 20.9. The lowest BCUT2D eigenvalue weighted by Gasteiger charge is -2.28. The van der Waals surface area contributed by atoms with E-state index in [2.05, 4.69) is 10.5 Å². The summed E-state index contributed by atoms with van der Waals surface area (Å²) >= 11 is 0. The second-order valence-electron chi connectivity index (χ2n) is 10.9. The average Bonchev–Trinajstić information content (AvgIpc) is 2.67. The van der Waals surface area contributed by atoms with Crippen molar-refractivity contribution < 1.29 is 4.79 Å². The summed E-state index contributed by atoms with van der Waals surface area (Å²) in [5, 5.41) is 7.39. The summed E-state index contributed by atoms with van der Waals surface area (Å²) in [6.45, 7) is 0. The van der Waals surface area contributed by atoms with Gasteiger partial charge in [-0.15, -0.1) is 0 Å². The van der Waals surface area contributed by atoms with Crippen LogP contribution in [0, 0.1) is 0 Å². The standard InChI is InChI=1S/C25H48B2N2O/c30-25(26-21-13-7-3-1-4-8-14-21)28-23-17-11-12-18-24(20-19-23)29-27-22-15-9-5-2-6-10-16-22/h21-24,26-27,29H,1-20H2,(H,28,30). The zero-order valence-electron chi connectivity index (χ0n) is 19.8. The normalized spacial score (nSPS) is 28.7. The Morgan fingerprint density at radius 3 is 1.63 bits per heavy atom. The van der Waals surface area contributed by atoms with Crippen molar-refractivity contribution in [2.75, 3.05) is 0 Å². The Morgan fingerprint density at radius 2 is 1.00 bits per heavy atom. The average molecular weight is 414 g/mol. The first-order chi connectivity index (χ1) is 14.8. The molecular formula is C25H48B2N2O. The van der Waals surface area contributed by atoms with Gasteiger partial charge in [-0.25, -0.2) is 0 Å². The van der Waals surface area contributed by atoms with Crippen molar-refractivity contribution in [3.63, 3.8) is 0 Å². The molecular weight excluding hydrogens is 366 g/mol. The maximum Gasteiger partial charge on any atom is 0.237 e. The molecule has 0 aromatic heterocycles. The third-order valence-electron chi connectivity index (χ3n) is 8.20. The number of hydrogen-bond acceptors (Lipinski definition) is 2. The molecule has 1 amide bonds. The van der Waals surface area contributed by atoms with Crippen molar-refractivity contribution in [3.8, 4) is 0 Å². The van der Waals surface area contributed by atoms with Gasteiger partial charge in [-0.05, 0) is 31.7 Å². The fourth-order valence-electron chi connectivity index (χ4n) is 6.19. The molecule has 170 valence electrons. The molecule has 0 aliphatic heterocycles. The van der Waals surface area contributed by atoms with E-state index >= 15 is 0 Å². The topological polar surface area (TPSA) is 41.1 Å². The molecule has 2 N–H and O–H groups in total. The third kappa shape index (κ3) is 9.79. The fourth-order valence-corrected chi connectivity index (χ4v) is 6.19. The Labute approximate surface area is 188 Å². The molecule has 0 aromatic carbocycles. The summed E-state index contributed by atoms with van der Waals surface area (Å²) in [4.78, 5) is 12.7. The van der Waals surface area contributed by atoms with E-state index in [4.69, 9.17) is 0 Å². The van der Waals surface area contributed by atoms with Crippen LogP contribution in [-0.4, -0.2) is 32.6 Å². The van der Waals surface area contributed by atoms with Crippen LogP contribution >= 0.6 is 0 Å². The molecule has 0 bridgehead atoms. The smallest absolute Gasteiger partial charge is 0.237 e. The number of carbonyl (C=O) groups excluding carboxylic acids is 1. The highest BCUT2D eigenvalue weighted by molar-refractivity contribution is 6.74. The van der Waals surface area contributed by atoms with Crippen LogP contribution in [0.3, 0.4) is 0 Å². The summed E-state index contributed by atoms with van der Waals surface area (Å²) in [5.74, 6) is 1.87. The number of nitrogens with one attached hydrogen (secondary N) is 2. The van der Waals surface area contributed by atoms with Crippen LogP contribution in [0.25, 0.3) is 0 Å². The second-order valence-corrected chi connectivity index (χ2v) is 10.9. The molecule has 3 aliphatic carbocycles. The minimum absolute atomic E-state index is 0.338. The van der Waals surface area contributed by atoms with Gasteiger partial charge in [-0.1, -0.05) is 114 Å². The van der Waals surface area contributed by atoms with Crippen molar-refractivity contribution in [1.82, 2.24) is 10.5 Å². The minimum atomic E-state index is 0.338. The molecule has 5 heteroatoms. The van der Waals surface area contributed by atoms with Crippen molar-refractivity contribution in [2.45, 2.75) is 152 Å². The van der Waals surface area contributed by atoms with Gasteiger partial charge in [-0.2, -0.15) is 0 Å². The molecule has 3 rings (SSSR count). The Bertz CT molecular complexity index is 460. The molecule has 3 nitrogen and oxygen atoms in total. The molecule has 0 aromatic rings. The third-order valence-corrected chi connectivity index (χ3v) is 8.20. The highest BCUT2D eigenvalue weighted by Gasteiger charge is 2.23. The van der Waals surface area contributed by atoms with E-state index in [9.17, 15) is 4.79 Å². The molecule has 3 aliphatic rings. The maximum absolute atomic E-state index is 12.7. The van der Waals surface area contributed by atoms with Gasteiger partial charge < -0.3 is 10.5 Å². The van der Waals surface area contributed by atoms with Gasteiger partial charge in [0.2, 0.25) is 14.7 Å². The highest BCUT2D eigenvalue weighted by atomic mass is 16.1. The second kappa shape index (κ2) is 14.6. The number of hydrogen-bond donors (Lipinski definition) is 2. The molecule has 0 radical (unpaired) electrons. The largest absolute Gasteiger partial charge is 0.362 e. The summed E-state index contributed by atoms with van der Waals surface area (Å²) in [6.07, 6.45) is 26.9. The van der Waals surface area contributed by atoms with Gasteiger partial charge in [0.05, 0.1) is 0 Å². The van der Waals surface area contributed by atoms with Crippen molar-refractivity contribution in [1.29, 1.82) is 0 Å². The predicted octanol–water partition coefficient (Wildman–Crippen LogP) is 6.23. The molecule has 30 heavy (non-hydrogen) atoms. The first kappa shape index (κ1) is 24.2. The Balaban J connectivity index is 1.36. The summed E-state index contributed by atoms with van der Waals surface area (Å²) in [6, 6.07) is 1.08. The first-order valence-electron chi connectivity index (χ1n) is 13.8. The van der Waals surface area contributed by atoms with Crippen LogP contribution in [0.5, 0.6) is 0 Å². The number of amides is 1. The van der Waals surface area contributed by atoms with Crippen molar-refractivity contribution in [3.05, 3.63) is 0 Å². The van der Waals surface area contributed by atoms with Crippen LogP contribution in [0.2, 0.25) is 11.6 Å². The van der Waals surface area contributed by atoms with Crippen molar-refractivity contribution >= 4 is 20.5 Å². The van der Waals surface area contributed by atoms with Crippen LogP contribution in [-0.2, 0) is 0 Å². The van der Waals surface area contributed by atoms with E-state index in [0.29, 0.717) is 23.7 Å². The fraction of sp³-hybridized carbons (Fsp3) is 0.960. The van der Waals surface area contributed by atoms with E-state index in [-0.39, 0.29) is 0 Å². The lowest BCUT2D eigenvalue weighted by molar-refractivity contribution is 0.251. The summed E-state index contributed by atoms with van der Waals surface area (Å²) < 4.78 is 0. The van der Waals surface area contributed by atoms with E-state index in [0.717, 1.165) is 13.1 Å². The highest BCUT2D eigenvalue weighted by Crippen LogP contribution is 2.27. The predicted molar refractivity (Wildman–Crippen MR) is 133 cm³/mol. The molecule has 0 saturated heterocycles.